The summed E-state index contributed by atoms with van der Waals surface area (Å²) in [4.78, 5) is 12.4. The van der Waals surface area contributed by atoms with Crippen molar-refractivity contribution in [2.45, 2.75) is 18.6 Å². The zero-order valence-corrected chi connectivity index (χ0v) is 19.4. The van der Waals surface area contributed by atoms with Gasteiger partial charge in [0.25, 0.3) is 5.69 Å². The standard InChI is InChI=1S/C20H25Cl2N3O4S/c1-20(2,16-4-6-19(7-5-16)25(26)27)30(28,29)23(3)17-8-10-18(11-9-17)24(14-12-21)15-13-22/h4-11H,12-15H2,1-3H3. The van der Waals surface area contributed by atoms with Crippen LogP contribution in [0.4, 0.5) is 17.1 Å². The smallest absolute Gasteiger partial charge is 0.269 e. The number of nitro benzene ring substituents is 1. The van der Waals surface area contributed by atoms with Crippen LogP contribution in [-0.4, -0.2) is 45.2 Å². The Hall–Kier alpha value is -2.03. The van der Waals surface area contributed by atoms with Crippen LogP contribution < -0.4 is 9.21 Å². The number of non-ortho nitro benzene ring substituents is 1. The van der Waals surface area contributed by atoms with Crippen LogP contribution >= 0.6 is 23.2 Å². The van der Waals surface area contributed by atoms with Crippen LogP contribution in [0.25, 0.3) is 0 Å². The summed E-state index contributed by atoms with van der Waals surface area (Å²) in [6.45, 7) is 4.43. The molecular weight excluding hydrogens is 449 g/mol. The zero-order chi connectivity index (χ0) is 22.5. The van der Waals surface area contributed by atoms with Crippen LogP contribution in [0, 0.1) is 10.1 Å². The maximum Gasteiger partial charge on any atom is 0.269 e. The molecule has 0 bridgehead atoms. The van der Waals surface area contributed by atoms with Crippen LogP contribution in [0.2, 0.25) is 0 Å². The average Bonchev–Trinajstić information content (AvgIpc) is 2.73. The molecule has 0 aromatic heterocycles. The van der Waals surface area contributed by atoms with Crippen molar-refractivity contribution in [3.8, 4) is 0 Å². The minimum Gasteiger partial charge on any atom is -0.369 e. The Labute approximate surface area is 187 Å². The molecule has 7 nitrogen and oxygen atoms in total. The molecule has 0 amide bonds. The van der Waals surface area contributed by atoms with Gasteiger partial charge >= 0.3 is 0 Å². The summed E-state index contributed by atoms with van der Waals surface area (Å²) < 4.78 is 26.6. The van der Waals surface area contributed by atoms with E-state index in [-0.39, 0.29) is 5.69 Å². The molecule has 0 aliphatic rings. The lowest BCUT2D eigenvalue weighted by molar-refractivity contribution is -0.384. The fraction of sp³-hybridized carbons (Fsp3) is 0.400. The Morgan fingerprint density at radius 1 is 0.933 bits per heavy atom. The maximum absolute atomic E-state index is 13.3. The normalized spacial score (nSPS) is 11.9. The number of hydrogen-bond donors (Lipinski definition) is 0. The predicted octanol–water partition coefficient (Wildman–Crippen LogP) is 4.58. The summed E-state index contributed by atoms with van der Waals surface area (Å²) in [5.74, 6) is 0.909. The minimum atomic E-state index is -3.82. The fourth-order valence-corrected chi connectivity index (χ4v) is 4.99. The highest BCUT2D eigenvalue weighted by Crippen LogP contribution is 2.35. The molecule has 0 atom stereocenters. The summed E-state index contributed by atoms with van der Waals surface area (Å²) in [5.41, 5.74) is 1.78. The van der Waals surface area contributed by atoms with Gasteiger partial charge in [-0.1, -0.05) is 12.1 Å². The van der Waals surface area contributed by atoms with E-state index in [0.717, 1.165) is 5.69 Å². The first-order valence-corrected chi connectivity index (χ1v) is 11.8. The van der Waals surface area contributed by atoms with Gasteiger partial charge in [0.1, 0.15) is 4.75 Å². The van der Waals surface area contributed by atoms with Crippen molar-refractivity contribution in [1.29, 1.82) is 0 Å². The second kappa shape index (κ2) is 9.85. The lowest BCUT2D eigenvalue weighted by Crippen LogP contribution is -2.41. The Bertz CT molecular complexity index is 959. The summed E-state index contributed by atoms with van der Waals surface area (Å²) in [6.07, 6.45) is 0. The third kappa shape index (κ3) is 4.99. The number of halogens is 2. The average molecular weight is 474 g/mol. The van der Waals surface area contributed by atoms with E-state index < -0.39 is 19.7 Å². The molecule has 0 aliphatic heterocycles. The second-order valence-corrected chi connectivity index (χ2v) is 10.4. The fourth-order valence-electron chi connectivity index (χ4n) is 3.06. The van der Waals surface area contributed by atoms with Gasteiger partial charge in [0.2, 0.25) is 10.0 Å². The van der Waals surface area contributed by atoms with Crippen molar-refractivity contribution in [3.63, 3.8) is 0 Å². The summed E-state index contributed by atoms with van der Waals surface area (Å²) in [7, 11) is -2.33. The van der Waals surface area contributed by atoms with E-state index in [1.54, 1.807) is 26.0 Å². The lowest BCUT2D eigenvalue weighted by atomic mass is 10.0. The van der Waals surface area contributed by atoms with E-state index in [2.05, 4.69) is 0 Å². The van der Waals surface area contributed by atoms with Gasteiger partial charge in [0, 0.05) is 49.7 Å². The van der Waals surface area contributed by atoms with E-state index in [4.69, 9.17) is 23.2 Å². The Balaban J connectivity index is 2.31. The first-order valence-electron chi connectivity index (χ1n) is 9.26. The molecule has 0 N–H and O–H groups in total. The van der Waals surface area contributed by atoms with Crippen LogP contribution in [0.1, 0.15) is 19.4 Å². The quantitative estimate of drug-likeness (QED) is 0.286. The molecule has 2 aromatic rings. The monoisotopic (exact) mass is 473 g/mol. The number of rotatable bonds is 10. The highest BCUT2D eigenvalue weighted by molar-refractivity contribution is 7.93. The topological polar surface area (TPSA) is 83.8 Å². The first kappa shape index (κ1) is 24.2. The van der Waals surface area contributed by atoms with E-state index in [1.165, 1.54) is 35.6 Å². The number of nitro groups is 1. The molecule has 0 fully saturated rings. The van der Waals surface area contributed by atoms with Crippen LogP contribution in [-0.2, 0) is 14.8 Å². The third-order valence-electron chi connectivity index (χ3n) is 5.07. The predicted molar refractivity (Wildman–Crippen MR) is 124 cm³/mol. The van der Waals surface area contributed by atoms with Gasteiger partial charge < -0.3 is 4.90 Å². The molecule has 0 saturated heterocycles. The lowest BCUT2D eigenvalue weighted by Gasteiger charge is -2.32. The van der Waals surface area contributed by atoms with Gasteiger partial charge in [-0.25, -0.2) is 8.42 Å². The van der Waals surface area contributed by atoms with Crippen LogP contribution in [0.15, 0.2) is 48.5 Å². The number of anilines is 2. The first-order chi connectivity index (χ1) is 14.1. The molecule has 0 unspecified atom stereocenters. The summed E-state index contributed by atoms with van der Waals surface area (Å²) >= 11 is 11.7. The number of benzene rings is 2. The molecule has 10 heteroatoms. The summed E-state index contributed by atoms with van der Waals surface area (Å²) in [5, 5.41) is 10.9. The zero-order valence-electron chi connectivity index (χ0n) is 17.1. The minimum absolute atomic E-state index is 0.0886. The summed E-state index contributed by atoms with van der Waals surface area (Å²) in [6, 6.07) is 12.7. The molecule has 164 valence electrons. The molecule has 0 saturated carbocycles. The van der Waals surface area contributed by atoms with E-state index in [1.807, 2.05) is 17.0 Å². The third-order valence-corrected chi connectivity index (χ3v) is 7.86. The molecule has 0 radical (unpaired) electrons. The van der Waals surface area contributed by atoms with Gasteiger partial charge in [0.15, 0.2) is 0 Å². The molecular formula is C20H25Cl2N3O4S. The van der Waals surface area contributed by atoms with Crippen LogP contribution in [0.3, 0.4) is 0 Å². The van der Waals surface area contributed by atoms with Gasteiger partial charge in [-0.15, -0.1) is 23.2 Å². The highest BCUT2D eigenvalue weighted by Gasteiger charge is 2.39. The largest absolute Gasteiger partial charge is 0.369 e. The Morgan fingerprint density at radius 2 is 1.40 bits per heavy atom. The van der Waals surface area contributed by atoms with Crippen molar-refractivity contribution in [2.75, 3.05) is 41.1 Å². The number of sulfonamides is 1. The SMILES string of the molecule is CN(c1ccc(N(CCCl)CCCl)cc1)S(=O)(=O)C(C)(C)c1ccc([N+](=O)[O-])cc1. The van der Waals surface area contributed by atoms with E-state index in [0.29, 0.717) is 36.1 Å². The van der Waals surface area contributed by atoms with E-state index >= 15 is 0 Å². The van der Waals surface area contributed by atoms with Crippen molar-refractivity contribution >= 4 is 50.3 Å². The van der Waals surface area contributed by atoms with Crippen molar-refractivity contribution in [2.24, 2.45) is 0 Å². The highest BCUT2D eigenvalue weighted by atomic mass is 35.5. The van der Waals surface area contributed by atoms with Gasteiger partial charge in [-0.05, 0) is 43.7 Å². The van der Waals surface area contributed by atoms with E-state index in [9.17, 15) is 18.5 Å². The number of alkyl halides is 2. The second-order valence-electron chi connectivity index (χ2n) is 7.17. The van der Waals surface area contributed by atoms with Crippen LogP contribution in [0.5, 0.6) is 0 Å². The Kier molecular flexibility index (Phi) is 7.96. The molecule has 0 aliphatic carbocycles. The Morgan fingerprint density at radius 3 is 1.83 bits per heavy atom. The van der Waals surface area contributed by atoms with Crippen molar-refractivity contribution in [3.05, 3.63) is 64.2 Å². The maximum atomic E-state index is 13.3. The van der Waals surface area contributed by atoms with Crippen molar-refractivity contribution < 1.29 is 13.3 Å². The molecule has 30 heavy (non-hydrogen) atoms. The molecule has 0 heterocycles. The number of hydrogen-bond acceptors (Lipinski definition) is 5. The van der Waals surface area contributed by atoms with Crippen molar-refractivity contribution in [1.82, 2.24) is 0 Å². The van der Waals surface area contributed by atoms with Gasteiger partial charge in [0.05, 0.1) is 10.6 Å². The van der Waals surface area contributed by atoms with Gasteiger partial charge in [-0.3, -0.25) is 14.4 Å². The van der Waals surface area contributed by atoms with Gasteiger partial charge in [-0.2, -0.15) is 0 Å². The number of nitrogens with zero attached hydrogens (tertiary/aromatic N) is 3. The molecule has 2 rings (SSSR count). The molecule has 0 spiro atoms. The molecule has 2 aromatic carbocycles.